The van der Waals surface area contributed by atoms with Crippen molar-refractivity contribution < 1.29 is 18.9 Å². The average molecular weight is 540 g/mol. The number of hydrogen-bond donors (Lipinski definition) is 0. The maximum atomic E-state index is 9.29. The Kier molecular flexibility index (Phi) is 10.2. The van der Waals surface area contributed by atoms with Crippen LogP contribution in [0.2, 0.25) is 0 Å². The third-order valence-corrected chi connectivity index (χ3v) is 9.25. The molecule has 0 saturated carbocycles. The Labute approximate surface area is 231 Å². The molecular weight excluding hydrogens is 498 g/mol. The van der Waals surface area contributed by atoms with Gasteiger partial charge in [0.15, 0.2) is 6.29 Å². The molecule has 7 nitrogen and oxygen atoms in total. The van der Waals surface area contributed by atoms with E-state index in [0.717, 1.165) is 16.9 Å². The van der Waals surface area contributed by atoms with E-state index < -0.39 is 12.3 Å². The molecule has 0 amide bonds. The Morgan fingerprint density at radius 2 is 1.63 bits per heavy atom. The maximum Gasteiger partial charge on any atom is 0.167 e. The summed E-state index contributed by atoms with van der Waals surface area (Å²) >= 11 is 1.68. The molecule has 38 heavy (non-hydrogen) atoms. The highest BCUT2D eigenvalue weighted by Gasteiger charge is 2.48. The molecule has 2 aliphatic rings. The summed E-state index contributed by atoms with van der Waals surface area (Å²) in [5, 5.41) is 4.11. The molecule has 0 radical (unpaired) electrons. The smallest absolute Gasteiger partial charge is 0.167 e. The number of thioether (sulfide) groups is 1. The van der Waals surface area contributed by atoms with Crippen molar-refractivity contribution >= 4 is 11.8 Å². The first-order valence-corrected chi connectivity index (χ1v) is 14.6. The van der Waals surface area contributed by atoms with Crippen molar-refractivity contribution in [3.8, 4) is 0 Å². The normalized spacial score (nSPS) is 35.4. The zero-order chi connectivity index (χ0) is 27.2. The number of nitrogens with zero attached hydrogens (tertiary/aromatic N) is 3. The molecule has 8 heteroatoms. The fourth-order valence-electron chi connectivity index (χ4n) is 5.53. The van der Waals surface area contributed by atoms with Crippen molar-refractivity contribution in [2.75, 3.05) is 0 Å². The van der Waals surface area contributed by atoms with Gasteiger partial charge in [0.1, 0.15) is 5.44 Å². The molecule has 2 aliphatic heterocycles. The van der Waals surface area contributed by atoms with Crippen LogP contribution in [0.25, 0.3) is 10.4 Å². The van der Waals surface area contributed by atoms with Crippen LogP contribution in [0.15, 0.2) is 64.6 Å². The molecule has 2 aromatic carbocycles. The molecule has 4 unspecified atom stereocenters. The van der Waals surface area contributed by atoms with E-state index in [-0.39, 0.29) is 47.6 Å². The third-order valence-electron chi connectivity index (χ3n) is 8.10. The summed E-state index contributed by atoms with van der Waals surface area (Å²) in [6, 6.07) is 18.3. The molecule has 0 aliphatic carbocycles. The number of azide groups is 1. The molecule has 2 heterocycles. The summed E-state index contributed by atoms with van der Waals surface area (Å²) in [6.45, 7) is 13.2. The Hall–Kier alpha value is -2.06. The van der Waals surface area contributed by atoms with Crippen molar-refractivity contribution in [3.05, 3.63) is 76.2 Å². The van der Waals surface area contributed by atoms with Crippen molar-refractivity contribution in [3.63, 3.8) is 0 Å². The van der Waals surface area contributed by atoms with Gasteiger partial charge in [0.05, 0.1) is 37.1 Å². The lowest BCUT2D eigenvalue weighted by molar-refractivity contribution is -0.289. The van der Waals surface area contributed by atoms with Crippen LogP contribution in [0.1, 0.15) is 52.2 Å². The van der Waals surface area contributed by atoms with E-state index >= 15 is 0 Å². The molecule has 2 aromatic rings. The van der Waals surface area contributed by atoms with E-state index in [1.807, 2.05) is 25.1 Å². The number of ether oxygens (including phenoxy) is 4. The van der Waals surface area contributed by atoms with E-state index in [4.69, 9.17) is 18.9 Å². The first-order valence-electron chi connectivity index (χ1n) is 13.7. The Morgan fingerprint density at radius 1 is 0.921 bits per heavy atom. The number of hydrogen-bond acceptors (Lipinski definition) is 6. The minimum Gasteiger partial charge on any atom is -0.370 e. The van der Waals surface area contributed by atoms with Gasteiger partial charge in [-0.15, -0.1) is 0 Å². The Bertz CT molecular complexity index is 1060. The van der Waals surface area contributed by atoms with Crippen LogP contribution >= 0.6 is 11.8 Å². The van der Waals surface area contributed by atoms with Crippen molar-refractivity contribution in [1.82, 2.24) is 0 Å². The molecule has 0 bridgehead atoms. The first kappa shape index (κ1) is 28.9. The van der Waals surface area contributed by atoms with Crippen molar-refractivity contribution in [2.24, 2.45) is 22.9 Å². The fourth-order valence-corrected chi connectivity index (χ4v) is 6.79. The summed E-state index contributed by atoms with van der Waals surface area (Å²) in [5.41, 5.74) is 11.4. The second-order valence-electron chi connectivity index (χ2n) is 10.7. The summed E-state index contributed by atoms with van der Waals surface area (Å²) in [5.74, 6) is 0.417. The molecule has 206 valence electrons. The first-order chi connectivity index (χ1) is 18.3. The van der Waals surface area contributed by atoms with Crippen molar-refractivity contribution in [1.29, 1.82) is 0 Å². The molecule has 0 spiro atoms. The van der Waals surface area contributed by atoms with Gasteiger partial charge in [-0.05, 0) is 55.3 Å². The largest absolute Gasteiger partial charge is 0.370 e. The van der Waals surface area contributed by atoms with E-state index in [0.29, 0.717) is 6.61 Å². The van der Waals surface area contributed by atoms with Gasteiger partial charge in [0.2, 0.25) is 0 Å². The zero-order valence-electron chi connectivity index (χ0n) is 23.3. The highest BCUT2D eigenvalue weighted by atomic mass is 32.2. The monoisotopic (exact) mass is 539 g/mol. The molecular formula is C30H41N3O4S. The van der Waals surface area contributed by atoms with E-state index in [2.05, 4.69) is 81.0 Å². The van der Waals surface area contributed by atoms with Crippen molar-refractivity contribution in [2.45, 2.75) is 102 Å². The molecule has 2 fully saturated rings. The average Bonchev–Trinajstić information content (AvgIpc) is 2.92. The summed E-state index contributed by atoms with van der Waals surface area (Å²) < 4.78 is 26.2. The Morgan fingerprint density at radius 3 is 2.29 bits per heavy atom. The van der Waals surface area contributed by atoms with Crippen LogP contribution in [0.3, 0.4) is 0 Å². The number of benzene rings is 2. The summed E-state index contributed by atoms with van der Waals surface area (Å²) in [4.78, 5) is 4.26. The highest BCUT2D eigenvalue weighted by Crippen LogP contribution is 2.41. The minimum absolute atomic E-state index is 0.00968. The summed E-state index contributed by atoms with van der Waals surface area (Å²) in [7, 11) is 0. The van der Waals surface area contributed by atoms with Gasteiger partial charge in [-0.2, -0.15) is 0 Å². The lowest BCUT2D eigenvalue weighted by Gasteiger charge is -2.48. The summed E-state index contributed by atoms with van der Waals surface area (Å²) in [6.07, 6.45) is -0.414. The fraction of sp³-hybridized carbons (Fsp3) is 0.600. The maximum absolute atomic E-state index is 9.29. The van der Waals surface area contributed by atoms with Gasteiger partial charge in [-0.3, -0.25) is 0 Å². The van der Waals surface area contributed by atoms with Gasteiger partial charge in [0.25, 0.3) is 0 Å². The molecule has 0 N–H and O–H groups in total. The van der Waals surface area contributed by atoms with E-state index in [1.54, 1.807) is 11.8 Å². The van der Waals surface area contributed by atoms with Gasteiger partial charge in [-0.25, -0.2) is 0 Å². The standard InChI is InChI=1S/C30H41N3O4S/c1-7-25-19(3)20(4)26(32-33-31)29(36-25)37-27-21(5)28(34-17-23-11-9-8-10-12-23)30(35-22(27)6)38-24-15-13-18(2)14-16-24/h8-16,19-22,25-30H,7,17H2,1-6H3/t19-,20-,21-,22?,25?,26?,27-,28?,29+,30-/m0/s1. The molecule has 4 rings (SSSR count). The minimum atomic E-state index is -0.628. The predicted octanol–water partition coefficient (Wildman–Crippen LogP) is 7.52. The van der Waals surface area contributed by atoms with Crippen LogP contribution in [-0.4, -0.2) is 42.2 Å². The van der Waals surface area contributed by atoms with Crippen LogP contribution in [-0.2, 0) is 25.6 Å². The van der Waals surface area contributed by atoms with Gasteiger partial charge in [0, 0.05) is 15.7 Å². The Balaban J connectivity index is 1.56. The van der Waals surface area contributed by atoms with Gasteiger partial charge >= 0.3 is 0 Å². The quantitative estimate of drug-likeness (QED) is 0.187. The number of aryl methyl sites for hydroxylation is 1. The molecule has 0 aromatic heterocycles. The highest BCUT2D eigenvalue weighted by molar-refractivity contribution is 7.99. The topological polar surface area (TPSA) is 85.7 Å². The third kappa shape index (κ3) is 6.74. The van der Waals surface area contributed by atoms with E-state index in [9.17, 15) is 5.53 Å². The van der Waals surface area contributed by atoms with Crippen LogP contribution in [0.4, 0.5) is 0 Å². The van der Waals surface area contributed by atoms with Gasteiger partial charge in [-0.1, -0.05) is 92.6 Å². The zero-order valence-corrected chi connectivity index (χ0v) is 24.1. The second kappa shape index (κ2) is 13.3. The molecule has 2 saturated heterocycles. The van der Waals surface area contributed by atoms with Crippen LogP contribution < -0.4 is 0 Å². The van der Waals surface area contributed by atoms with Crippen LogP contribution in [0.5, 0.6) is 0 Å². The lowest BCUT2D eigenvalue weighted by Crippen LogP contribution is -2.57. The van der Waals surface area contributed by atoms with Crippen LogP contribution in [0, 0.1) is 24.7 Å². The predicted molar refractivity (Wildman–Crippen MR) is 151 cm³/mol. The molecule has 10 atom stereocenters. The van der Waals surface area contributed by atoms with Gasteiger partial charge < -0.3 is 18.9 Å². The number of rotatable bonds is 9. The van der Waals surface area contributed by atoms with E-state index in [1.165, 1.54) is 5.56 Å². The lowest BCUT2D eigenvalue weighted by atomic mass is 9.81. The second-order valence-corrected chi connectivity index (χ2v) is 11.9. The SMILES string of the molecule is CCC1O[C@H](O[C@@H]2C(C)O[C@@H](Sc3ccc(C)cc3)C(OCc3ccccc3)[C@H]2C)C(N=[N+]=[N-])[C@@H](C)[C@@H]1C.